The lowest BCUT2D eigenvalue weighted by molar-refractivity contribution is 0.388. The van der Waals surface area contributed by atoms with E-state index in [-0.39, 0.29) is 0 Å². The van der Waals surface area contributed by atoms with Gasteiger partial charge in [-0.15, -0.1) is 0 Å². The molecule has 3 nitrogen and oxygen atoms in total. The summed E-state index contributed by atoms with van der Waals surface area (Å²) in [4.78, 5) is 0. The molecule has 0 radical (unpaired) electrons. The SMILES string of the molecule is OC1=CC(Cc2cccc(Cl)c2)=NNC1. The fraction of sp³-hybridized carbons (Fsp3) is 0.182. The van der Waals surface area contributed by atoms with E-state index in [0.29, 0.717) is 23.7 Å². The summed E-state index contributed by atoms with van der Waals surface area (Å²) >= 11 is 5.87. The number of benzene rings is 1. The van der Waals surface area contributed by atoms with E-state index >= 15 is 0 Å². The van der Waals surface area contributed by atoms with Crippen LogP contribution in [0.1, 0.15) is 5.56 Å². The van der Waals surface area contributed by atoms with Crippen LogP contribution in [-0.2, 0) is 6.42 Å². The number of allylic oxidation sites excluding steroid dienone is 1. The quantitative estimate of drug-likeness (QED) is 0.807. The average molecular weight is 223 g/mol. The van der Waals surface area contributed by atoms with Crippen LogP contribution in [0.4, 0.5) is 0 Å². The Hall–Kier alpha value is -1.48. The normalized spacial score (nSPS) is 15.3. The summed E-state index contributed by atoms with van der Waals surface area (Å²) < 4.78 is 0. The Morgan fingerprint density at radius 2 is 2.33 bits per heavy atom. The van der Waals surface area contributed by atoms with Crippen LogP contribution in [0.3, 0.4) is 0 Å². The molecule has 2 rings (SSSR count). The Morgan fingerprint density at radius 1 is 1.47 bits per heavy atom. The molecule has 0 atom stereocenters. The minimum Gasteiger partial charge on any atom is -0.510 e. The molecule has 1 aromatic carbocycles. The molecule has 0 amide bonds. The van der Waals surface area contributed by atoms with Crippen molar-refractivity contribution in [2.24, 2.45) is 5.10 Å². The van der Waals surface area contributed by atoms with Crippen molar-refractivity contribution >= 4 is 17.3 Å². The van der Waals surface area contributed by atoms with Crippen LogP contribution in [0, 0.1) is 0 Å². The van der Waals surface area contributed by atoms with Gasteiger partial charge in [0.15, 0.2) is 0 Å². The first-order valence-corrected chi connectivity index (χ1v) is 5.05. The van der Waals surface area contributed by atoms with Gasteiger partial charge in [-0.25, -0.2) is 0 Å². The lowest BCUT2D eigenvalue weighted by Crippen LogP contribution is -2.20. The molecule has 78 valence electrons. The standard InChI is InChI=1S/C11H11ClN2O/c12-9-3-1-2-8(4-9)5-10-6-11(15)7-13-14-10/h1-4,6,13,15H,5,7H2. The maximum Gasteiger partial charge on any atom is 0.115 e. The van der Waals surface area contributed by atoms with E-state index in [1.54, 1.807) is 6.08 Å². The van der Waals surface area contributed by atoms with E-state index in [1.165, 1.54) is 0 Å². The maximum absolute atomic E-state index is 9.30. The highest BCUT2D eigenvalue weighted by atomic mass is 35.5. The van der Waals surface area contributed by atoms with Gasteiger partial charge in [-0.1, -0.05) is 23.7 Å². The van der Waals surface area contributed by atoms with Crippen LogP contribution in [0.15, 0.2) is 41.2 Å². The molecule has 0 fully saturated rings. The highest BCUT2D eigenvalue weighted by Gasteiger charge is 2.06. The summed E-state index contributed by atoms with van der Waals surface area (Å²) in [5.74, 6) is 0.307. The molecule has 0 spiro atoms. The number of hydrogen-bond donors (Lipinski definition) is 2. The van der Waals surface area contributed by atoms with E-state index in [1.807, 2.05) is 24.3 Å². The highest BCUT2D eigenvalue weighted by Crippen LogP contribution is 2.12. The minimum atomic E-state index is 0.307. The summed E-state index contributed by atoms with van der Waals surface area (Å²) in [7, 11) is 0. The first-order chi connectivity index (χ1) is 7.24. The Kier molecular flexibility index (Phi) is 2.92. The van der Waals surface area contributed by atoms with Crippen LogP contribution in [0.25, 0.3) is 0 Å². The van der Waals surface area contributed by atoms with Crippen LogP contribution >= 0.6 is 11.6 Å². The third-order valence-electron chi connectivity index (χ3n) is 2.09. The number of hydrazone groups is 1. The second-order valence-electron chi connectivity index (χ2n) is 3.38. The van der Waals surface area contributed by atoms with Gasteiger partial charge >= 0.3 is 0 Å². The molecule has 2 N–H and O–H groups in total. The molecular weight excluding hydrogens is 212 g/mol. The van der Waals surface area contributed by atoms with Crippen molar-refractivity contribution in [3.63, 3.8) is 0 Å². The lowest BCUT2D eigenvalue weighted by Gasteiger charge is -2.10. The monoisotopic (exact) mass is 222 g/mol. The van der Waals surface area contributed by atoms with Crippen molar-refractivity contribution in [3.05, 3.63) is 46.7 Å². The van der Waals surface area contributed by atoms with Gasteiger partial charge < -0.3 is 10.5 Å². The summed E-state index contributed by atoms with van der Waals surface area (Å²) in [5.41, 5.74) is 4.64. The largest absolute Gasteiger partial charge is 0.510 e. The van der Waals surface area contributed by atoms with Crippen LogP contribution in [-0.4, -0.2) is 17.4 Å². The number of aliphatic hydroxyl groups excluding tert-OH is 1. The van der Waals surface area contributed by atoms with Gasteiger partial charge in [0.05, 0.1) is 12.3 Å². The highest BCUT2D eigenvalue weighted by molar-refractivity contribution is 6.30. The maximum atomic E-state index is 9.30. The molecular formula is C11H11ClN2O. The number of halogens is 1. The zero-order chi connectivity index (χ0) is 10.7. The van der Waals surface area contributed by atoms with E-state index in [0.717, 1.165) is 11.3 Å². The average Bonchev–Trinajstić information content (AvgIpc) is 2.17. The second kappa shape index (κ2) is 4.36. The molecule has 4 heteroatoms. The van der Waals surface area contributed by atoms with Crippen LogP contribution < -0.4 is 5.43 Å². The molecule has 0 saturated heterocycles. The Labute approximate surface area is 93.1 Å². The zero-order valence-electron chi connectivity index (χ0n) is 8.07. The van der Waals surface area contributed by atoms with Crippen molar-refractivity contribution < 1.29 is 5.11 Å². The third kappa shape index (κ3) is 2.73. The third-order valence-corrected chi connectivity index (χ3v) is 2.33. The Bertz CT molecular complexity index is 426. The van der Waals surface area contributed by atoms with Gasteiger partial charge in [0, 0.05) is 17.5 Å². The molecule has 1 heterocycles. The first-order valence-electron chi connectivity index (χ1n) is 4.67. The van der Waals surface area contributed by atoms with E-state index in [4.69, 9.17) is 11.6 Å². The molecule has 1 aliphatic rings. The van der Waals surface area contributed by atoms with E-state index < -0.39 is 0 Å². The first kappa shape index (κ1) is 10.1. The number of aliphatic hydroxyl groups is 1. The van der Waals surface area contributed by atoms with Crippen LogP contribution in [0.5, 0.6) is 0 Å². The van der Waals surface area contributed by atoms with Gasteiger partial charge in [0.2, 0.25) is 0 Å². The van der Waals surface area contributed by atoms with Gasteiger partial charge in [-0.05, 0) is 17.7 Å². The molecule has 0 aromatic heterocycles. The molecule has 0 bridgehead atoms. The van der Waals surface area contributed by atoms with Gasteiger partial charge in [0.25, 0.3) is 0 Å². The molecule has 15 heavy (non-hydrogen) atoms. The number of nitrogens with zero attached hydrogens (tertiary/aromatic N) is 1. The van der Waals surface area contributed by atoms with Crippen molar-refractivity contribution in [3.8, 4) is 0 Å². The topological polar surface area (TPSA) is 44.6 Å². The van der Waals surface area contributed by atoms with Crippen molar-refractivity contribution in [1.29, 1.82) is 0 Å². The van der Waals surface area contributed by atoms with Gasteiger partial charge in [0.1, 0.15) is 5.76 Å². The van der Waals surface area contributed by atoms with Crippen LogP contribution in [0.2, 0.25) is 5.02 Å². The summed E-state index contributed by atoms with van der Waals surface area (Å²) in [6.45, 7) is 0.402. The molecule has 1 aromatic rings. The predicted molar refractivity (Wildman–Crippen MR) is 61.3 cm³/mol. The minimum absolute atomic E-state index is 0.307. The van der Waals surface area contributed by atoms with Crippen molar-refractivity contribution in [1.82, 2.24) is 5.43 Å². The van der Waals surface area contributed by atoms with E-state index in [2.05, 4.69) is 10.5 Å². The number of nitrogens with one attached hydrogen (secondary N) is 1. The lowest BCUT2D eigenvalue weighted by atomic mass is 10.1. The zero-order valence-corrected chi connectivity index (χ0v) is 8.83. The van der Waals surface area contributed by atoms with Gasteiger partial charge in [-0.3, -0.25) is 0 Å². The second-order valence-corrected chi connectivity index (χ2v) is 3.82. The number of hydrogen-bond acceptors (Lipinski definition) is 3. The smallest absolute Gasteiger partial charge is 0.115 e. The molecule has 0 saturated carbocycles. The predicted octanol–water partition coefficient (Wildman–Crippen LogP) is 2.28. The molecule has 1 aliphatic heterocycles. The fourth-order valence-corrected chi connectivity index (χ4v) is 1.66. The Morgan fingerprint density at radius 3 is 3.07 bits per heavy atom. The van der Waals surface area contributed by atoms with Gasteiger partial charge in [-0.2, -0.15) is 5.10 Å². The van der Waals surface area contributed by atoms with Crippen molar-refractivity contribution in [2.45, 2.75) is 6.42 Å². The molecule has 0 aliphatic carbocycles. The number of rotatable bonds is 2. The molecule has 0 unspecified atom stereocenters. The summed E-state index contributed by atoms with van der Waals surface area (Å²) in [5, 5.41) is 14.1. The summed E-state index contributed by atoms with van der Waals surface area (Å²) in [6, 6.07) is 7.61. The van der Waals surface area contributed by atoms with Crippen molar-refractivity contribution in [2.75, 3.05) is 6.54 Å². The fourth-order valence-electron chi connectivity index (χ4n) is 1.44. The summed E-state index contributed by atoms with van der Waals surface area (Å²) in [6.07, 6.45) is 2.34. The Balaban J connectivity index is 2.12. The van der Waals surface area contributed by atoms with E-state index in [9.17, 15) is 5.11 Å².